The third-order valence-electron chi connectivity index (χ3n) is 2.02. The van der Waals surface area contributed by atoms with Crippen molar-refractivity contribution in [2.75, 3.05) is 5.73 Å². The van der Waals surface area contributed by atoms with Crippen LogP contribution < -0.4 is 5.73 Å². The van der Waals surface area contributed by atoms with Gasteiger partial charge in [-0.3, -0.25) is 0 Å². The monoisotopic (exact) mass is 200 g/mol. The fourth-order valence-corrected chi connectivity index (χ4v) is 1.17. The maximum absolute atomic E-state index is 8.78. The number of nitriles is 1. The summed E-state index contributed by atoms with van der Waals surface area (Å²) in [5.41, 5.74) is 6.72. The molecule has 2 aromatic heterocycles. The van der Waals surface area contributed by atoms with Gasteiger partial charge in [-0.05, 0) is 13.0 Å². The fraction of sp³-hybridized carbons (Fsp3) is 0.111. The highest BCUT2D eigenvalue weighted by Crippen LogP contribution is 2.16. The van der Waals surface area contributed by atoms with E-state index in [0.29, 0.717) is 23.0 Å². The molecule has 2 aromatic rings. The molecule has 74 valence electrons. The van der Waals surface area contributed by atoms with E-state index in [9.17, 15) is 0 Å². The normalized spacial score (nSPS) is 9.87. The molecule has 0 saturated carbocycles. The van der Waals surface area contributed by atoms with E-state index in [1.807, 2.05) is 6.07 Å². The highest BCUT2D eigenvalue weighted by atomic mass is 15.4. The van der Waals surface area contributed by atoms with Crippen molar-refractivity contribution in [1.29, 1.82) is 5.26 Å². The van der Waals surface area contributed by atoms with Crippen molar-refractivity contribution < 1.29 is 0 Å². The van der Waals surface area contributed by atoms with Crippen molar-refractivity contribution in [1.82, 2.24) is 19.7 Å². The molecule has 2 heterocycles. The van der Waals surface area contributed by atoms with Gasteiger partial charge in [-0.2, -0.15) is 15.0 Å². The molecule has 0 aliphatic carbocycles. The molecule has 0 atom stereocenters. The zero-order valence-electron chi connectivity index (χ0n) is 8.05. The first-order valence-corrected chi connectivity index (χ1v) is 4.26. The van der Waals surface area contributed by atoms with Gasteiger partial charge in [0.2, 0.25) is 0 Å². The summed E-state index contributed by atoms with van der Waals surface area (Å²) in [4.78, 5) is 8.00. The molecule has 0 unspecified atom stereocenters. The molecule has 0 spiro atoms. The van der Waals surface area contributed by atoms with Crippen molar-refractivity contribution in [3.63, 3.8) is 0 Å². The SMILES string of the molecule is Cc1c(C#N)nn(-c2ncccn2)c1N. The van der Waals surface area contributed by atoms with Crippen LogP contribution >= 0.6 is 0 Å². The summed E-state index contributed by atoms with van der Waals surface area (Å²) in [5.74, 6) is 0.748. The summed E-state index contributed by atoms with van der Waals surface area (Å²) < 4.78 is 1.36. The highest BCUT2D eigenvalue weighted by Gasteiger charge is 2.13. The lowest BCUT2D eigenvalue weighted by molar-refractivity contribution is 0.812. The molecule has 6 nitrogen and oxygen atoms in total. The number of aromatic nitrogens is 4. The lowest BCUT2D eigenvalue weighted by Crippen LogP contribution is -2.06. The maximum atomic E-state index is 8.78. The van der Waals surface area contributed by atoms with Gasteiger partial charge in [-0.25, -0.2) is 9.97 Å². The van der Waals surface area contributed by atoms with Gasteiger partial charge in [0, 0.05) is 18.0 Å². The number of anilines is 1. The Morgan fingerprint density at radius 2 is 2.07 bits per heavy atom. The molecule has 0 amide bonds. The Labute approximate surface area is 86.0 Å². The Balaban J connectivity index is 2.61. The highest BCUT2D eigenvalue weighted by molar-refractivity contribution is 5.49. The molecule has 0 aromatic carbocycles. The standard InChI is InChI=1S/C9H8N6/c1-6-7(5-10)14-15(8(6)11)9-12-3-2-4-13-9/h2-4H,11H2,1H3. The zero-order valence-corrected chi connectivity index (χ0v) is 8.05. The van der Waals surface area contributed by atoms with Crippen molar-refractivity contribution in [2.45, 2.75) is 6.92 Å². The molecule has 2 N–H and O–H groups in total. The maximum Gasteiger partial charge on any atom is 0.252 e. The van der Waals surface area contributed by atoms with Gasteiger partial charge < -0.3 is 5.73 Å². The average Bonchev–Trinajstić information content (AvgIpc) is 2.57. The number of rotatable bonds is 1. The number of nitrogens with zero attached hydrogens (tertiary/aromatic N) is 5. The number of nitrogen functional groups attached to an aromatic ring is 1. The van der Waals surface area contributed by atoms with E-state index in [1.165, 1.54) is 4.68 Å². The minimum Gasteiger partial charge on any atom is -0.383 e. The summed E-state index contributed by atoms with van der Waals surface area (Å²) in [6.07, 6.45) is 3.18. The van der Waals surface area contributed by atoms with Crippen LogP contribution in [0.5, 0.6) is 0 Å². The number of nitrogens with two attached hydrogens (primary N) is 1. The van der Waals surface area contributed by atoms with Crippen molar-refractivity contribution in [2.24, 2.45) is 0 Å². The van der Waals surface area contributed by atoms with E-state index in [0.717, 1.165) is 0 Å². The Hall–Kier alpha value is -2.42. The van der Waals surface area contributed by atoms with Crippen LogP contribution in [0.15, 0.2) is 18.5 Å². The summed E-state index contributed by atoms with van der Waals surface area (Å²) in [5, 5.41) is 12.8. The van der Waals surface area contributed by atoms with Gasteiger partial charge >= 0.3 is 0 Å². The van der Waals surface area contributed by atoms with Crippen LogP contribution in [-0.4, -0.2) is 19.7 Å². The first kappa shape index (κ1) is 9.15. The Morgan fingerprint density at radius 1 is 1.40 bits per heavy atom. The predicted molar refractivity (Wildman–Crippen MR) is 53.0 cm³/mol. The summed E-state index contributed by atoms with van der Waals surface area (Å²) in [6.45, 7) is 1.74. The third kappa shape index (κ3) is 1.40. The van der Waals surface area contributed by atoms with E-state index in [2.05, 4.69) is 15.1 Å². The molecule has 0 fully saturated rings. The summed E-state index contributed by atoms with van der Waals surface area (Å²) in [7, 11) is 0. The van der Waals surface area contributed by atoms with Crippen LogP contribution in [0, 0.1) is 18.3 Å². The quantitative estimate of drug-likeness (QED) is 0.720. The Morgan fingerprint density at radius 3 is 2.60 bits per heavy atom. The number of hydrogen-bond donors (Lipinski definition) is 1. The molecule has 0 aliphatic rings. The molecular formula is C9H8N6. The van der Waals surface area contributed by atoms with E-state index in [1.54, 1.807) is 25.4 Å². The van der Waals surface area contributed by atoms with E-state index in [-0.39, 0.29) is 0 Å². The van der Waals surface area contributed by atoms with E-state index < -0.39 is 0 Å². The molecular weight excluding hydrogens is 192 g/mol. The molecule has 0 aliphatic heterocycles. The summed E-state index contributed by atoms with van der Waals surface area (Å²) in [6, 6.07) is 3.65. The smallest absolute Gasteiger partial charge is 0.252 e. The second-order valence-electron chi connectivity index (χ2n) is 2.93. The first-order valence-electron chi connectivity index (χ1n) is 4.26. The van der Waals surface area contributed by atoms with Crippen LogP contribution in [-0.2, 0) is 0 Å². The van der Waals surface area contributed by atoms with E-state index in [4.69, 9.17) is 11.0 Å². The second-order valence-corrected chi connectivity index (χ2v) is 2.93. The van der Waals surface area contributed by atoms with Gasteiger partial charge in [-0.1, -0.05) is 0 Å². The van der Waals surface area contributed by atoms with Gasteiger partial charge in [0.1, 0.15) is 11.9 Å². The fourth-order valence-electron chi connectivity index (χ4n) is 1.17. The average molecular weight is 200 g/mol. The van der Waals surface area contributed by atoms with Crippen molar-refractivity contribution in [3.05, 3.63) is 29.7 Å². The number of hydrogen-bond acceptors (Lipinski definition) is 5. The Kier molecular flexibility index (Phi) is 2.06. The molecule has 2 rings (SSSR count). The third-order valence-corrected chi connectivity index (χ3v) is 2.02. The second kappa shape index (κ2) is 3.38. The van der Waals surface area contributed by atoms with Crippen LogP contribution in [0.4, 0.5) is 5.82 Å². The van der Waals surface area contributed by atoms with Crippen molar-refractivity contribution in [3.8, 4) is 12.0 Å². The Bertz CT molecular complexity index is 522. The lowest BCUT2D eigenvalue weighted by Gasteiger charge is -1.99. The topological polar surface area (TPSA) is 93.4 Å². The molecule has 0 bridgehead atoms. The first-order chi connectivity index (χ1) is 7.24. The molecule has 0 radical (unpaired) electrons. The van der Waals surface area contributed by atoms with E-state index >= 15 is 0 Å². The minimum atomic E-state index is 0.292. The van der Waals surface area contributed by atoms with Gasteiger partial charge in [0.05, 0.1) is 0 Å². The van der Waals surface area contributed by atoms with Crippen LogP contribution in [0.1, 0.15) is 11.3 Å². The largest absolute Gasteiger partial charge is 0.383 e. The van der Waals surface area contributed by atoms with Crippen LogP contribution in [0.2, 0.25) is 0 Å². The summed E-state index contributed by atoms with van der Waals surface area (Å²) >= 11 is 0. The van der Waals surface area contributed by atoms with Gasteiger partial charge in [-0.15, -0.1) is 0 Å². The van der Waals surface area contributed by atoms with Crippen LogP contribution in [0.3, 0.4) is 0 Å². The lowest BCUT2D eigenvalue weighted by atomic mass is 10.3. The van der Waals surface area contributed by atoms with Crippen molar-refractivity contribution >= 4 is 5.82 Å². The van der Waals surface area contributed by atoms with Gasteiger partial charge in [0.25, 0.3) is 5.95 Å². The molecule has 15 heavy (non-hydrogen) atoms. The van der Waals surface area contributed by atoms with Crippen LogP contribution in [0.25, 0.3) is 5.95 Å². The predicted octanol–water partition coefficient (Wildman–Crippen LogP) is 0.425. The minimum absolute atomic E-state index is 0.292. The molecule has 6 heteroatoms. The zero-order chi connectivity index (χ0) is 10.8. The van der Waals surface area contributed by atoms with Gasteiger partial charge in [0.15, 0.2) is 5.69 Å². The molecule has 0 saturated heterocycles.